The molecule has 5 rings (SSSR count). The molecule has 34 heavy (non-hydrogen) atoms. The molecule has 0 radical (unpaired) electrons. The zero-order valence-electron chi connectivity index (χ0n) is 22.6. The Bertz CT molecular complexity index is 951. The first kappa shape index (κ1) is 24.4. The smallest absolute Gasteiger partial charge is 0.310 e. The Balaban J connectivity index is 1.63. The summed E-state index contributed by atoms with van der Waals surface area (Å²) in [5.74, 6) is 1.73. The largest absolute Gasteiger partial charge is 0.481 e. The van der Waals surface area contributed by atoms with E-state index in [1.807, 2.05) is 0 Å². The first-order chi connectivity index (χ1) is 15.8. The molecule has 2 N–H and O–H groups in total. The number of oxime groups is 1. The molecule has 9 atom stereocenters. The molecule has 4 saturated carbocycles. The van der Waals surface area contributed by atoms with Gasteiger partial charge in [0, 0.05) is 0 Å². The number of carboxylic acids is 1. The van der Waals surface area contributed by atoms with Gasteiger partial charge in [-0.15, -0.1) is 0 Å². The second-order valence-electron chi connectivity index (χ2n) is 14.6. The third-order valence-corrected chi connectivity index (χ3v) is 13.0. The molecular weight excluding hydrogens is 422 g/mol. The van der Waals surface area contributed by atoms with Gasteiger partial charge in [0.2, 0.25) is 0 Å². The maximum atomic E-state index is 12.8. The lowest BCUT2D eigenvalue weighted by molar-refractivity contribution is -0.182. The highest BCUT2D eigenvalue weighted by Gasteiger charge is 2.69. The molecule has 0 aliphatic heterocycles. The maximum absolute atomic E-state index is 12.8. The minimum absolute atomic E-state index is 0.0386. The summed E-state index contributed by atoms with van der Waals surface area (Å²) in [5.41, 5.74) is 2.31. The topological polar surface area (TPSA) is 69.9 Å². The fourth-order valence-electron chi connectivity index (χ4n) is 11.0. The minimum atomic E-state index is -0.578. The second-order valence-corrected chi connectivity index (χ2v) is 14.6. The van der Waals surface area contributed by atoms with Gasteiger partial charge in [-0.2, -0.15) is 0 Å². The van der Waals surface area contributed by atoms with E-state index >= 15 is 0 Å². The molecule has 4 fully saturated rings. The Kier molecular flexibility index (Phi) is 5.27. The molecule has 4 heteroatoms. The molecule has 0 bridgehead atoms. The van der Waals surface area contributed by atoms with Crippen molar-refractivity contribution in [2.75, 3.05) is 0 Å². The summed E-state index contributed by atoms with van der Waals surface area (Å²) in [6.07, 6.45) is 11.5. The molecule has 0 amide bonds. The van der Waals surface area contributed by atoms with Crippen LogP contribution in [0.1, 0.15) is 106 Å². The highest BCUT2D eigenvalue weighted by molar-refractivity contribution is 5.86. The van der Waals surface area contributed by atoms with Gasteiger partial charge in [0.05, 0.1) is 11.1 Å². The van der Waals surface area contributed by atoms with Crippen molar-refractivity contribution in [2.45, 2.75) is 106 Å². The average Bonchev–Trinajstić information content (AvgIpc) is 2.75. The van der Waals surface area contributed by atoms with Crippen LogP contribution in [0.4, 0.5) is 0 Å². The zero-order chi connectivity index (χ0) is 24.9. The van der Waals surface area contributed by atoms with Gasteiger partial charge in [-0.25, -0.2) is 0 Å². The Labute approximate surface area is 206 Å². The van der Waals surface area contributed by atoms with Gasteiger partial charge in [0.1, 0.15) is 0 Å². The molecule has 0 spiro atoms. The summed E-state index contributed by atoms with van der Waals surface area (Å²) in [7, 11) is 0. The zero-order valence-corrected chi connectivity index (χ0v) is 22.6. The van der Waals surface area contributed by atoms with Crippen molar-refractivity contribution in [3.8, 4) is 0 Å². The maximum Gasteiger partial charge on any atom is 0.310 e. The molecule has 5 aliphatic carbocycles. The summed E-state index contributed by atoms with van der Waals surface area (Å²) in [6.45, 7) is 17.0. The second kappa shape index (κ2) is 7.35. The van der Waals surface area contributed by atoms with E-state index in [2.05, 4.69) is 59.7 Å². The molecule has 0 heterocycles. The number of carboxylic acid groups (broad SMARTS) is 1. The molecule has 190 valence electrons. The predicted octanol–water partition coefficient (Wildman–Crippen LogP) is 7.56. The standard InChI is InChI=1S/C30H47NO3/c1-18-10-13-30(25(32)33)15-14-28(6)21(24(30)19(18)2)8-9-23-27(5)17-20(31-34)16-26(3,4)22(27)11-12-29(23,28)7/h8,18-19,22-24,34H,9-17H2,1-7H3,(H,32,33)/b31-20+/t18-,19+,22+,23-,24+,27+,28-,29-,30+/m1/s1. The van der Waals surface area contributed by atoms with Crippen molar-refractivity contribution in [1.82, 2.24) is 0 Å². The average molecular weight is 470 g/mol. The molecule has 0 aromatic heterocycles. The highest BCUT2D eigenvalue weighted by atomic mass is 16.4. The van der Waals surface area contributed by atoms with E-state index in [9.17, 15) is 15.1 Å². The fraction of sp³-hybridized carbons (Fsp3) is 0.867. The molecule has 0 saturated heterocycles. The molecule has 0 unspecified atom stereocenters. The van der Waals surface area contributed by atoms with E-state index in [1.54, 1.807) is 0 Å². The van der Waals surface area contributed by atoms with Crippen LogP contribution in [0.5, 0.6) is 0 Å². The van der Waals surface area contributed by atoms with E-state index in [-0.39, 0.29) is 27.6 Å². The first-order valence-electron chi connectivity index (χ1n) is 13.9. The van der Waals surface area contributed by atoms with Crippen LogP contribution in [-0.2, 0) is 4.79 Å². The van der Waals surface area contributed by atoms with Gasteiger partial charge < -0.3 is 10.3 Å². The van der Waals surface area contributed by atoms with Crippen LogP contribution in [0, 0.1) is 56.7 Å². The van der Waals surface area contributed by atoms with E-state index in [0.29, 0.717) is 23.7 Å². The minimum Gasteiger partial charge on any atom is -0.481 e. The molecule has 0 aromatic rings. The van der Waals surface area contributed by atoms with Crippen LogP contribution in [0.2, 0.25) is 0 Å². The third-order valence-electron chi connectivity index (χ3n) is 13.0. The van der Waals surface area contributed by atoms with E-state index in [1.165, 1.54) is 18.4 Å². The van der Waals surface area contributed by atoms with Crippen LogP contribution in [0.25, 0.3) is 0 Å². The van der Waals surface area contributed by atoms with Crippen molar-refractivity contribution in [2.24, 2.45) is 61.8 Å². The van der Waals surface area contributed by atoms with Crippen molar-refractivity contribution >= 4 is 11.7 Å². The summed E-state index contributed by atoms with van der Waals surface area (Å²) in [6, 6.07) is 0. The van der Waals surface area contributed by atoms with Crippen LogP contribution in [0.3, 0.4) is 0 Å². The number of carbonyl (C=O) groups is 1. The Hall–Kier alpha value is -1.32. The lowest BCUT2D eigenvalue weighted by Gasteiger charge is -2.71. The molecule has 5 aliphatic rings. The van der Waals surface area contributed by atoms with Crippen LogP contribution in [-0.4, -0.2) is 22.0 Å². The van der Waals surface area contributed by atoms with E-state index in [0.717, 1.165) is 50.7 Å². The molecule has 4 nitrogen and oxygen atoms in total. The van der Waals surface area contributed by atoms with E-state index in [4.69, 9.17) is 0 Å². The van der Waals surface area contributed by atoms with Crippen LogP contribution >= 0.6 is 0 Å². The number of hydrogen-bond donors (Lipinski definition) is 2. The van der Waals surface area contributed by atoms with Crippen molar-refractivity contribution in [3.63, 3.8) is 0 Å². The van der Waals surface area contributed by atoms with Crippen molar-refractivity contribution in [1.29, 1.82) is 0 Å². The van der Waals surface area contributed by atoms with Gasteiger partial charge in [0.25, 0.3) is 0 Å². The van der Waals surface area contributed by atoms with Crippen molar-refractivity contribution in [3.05, 3.63) is 11.6 Å². The predicted molar refractivity (Wildman–Crippen MR) is 136 cm³/mol. The Morgan fingerprint density at radius 1 is 0.971 bits per heavy atom. The van der Waals surface area contributed by atoms with Gasteiger partial charge in [0.15, 0.2) is 0 Å². The Morgan fingerprint density at radius 2 is 1.68 bits per heavy atom. The molecular formula is C30H47NO3. The molecule has 0 aromatic carbocycles. The monoisotopic (exact) mass is 469 g/mol. The summed E-state index contributed by atoms with van der Waals surface area (Å²) >= 11 is 0. The summed E-state index contributed by atoms with van der Waals surface area (Å²) < 4.78 is 0. The summed E-state index contributed by atoms with van der Waals surface area (Å²) in [4.78, 5) is 12.8. The van der Waals surface area contributed by atoms with E-state index < -0.39 is 11.4 Å². The number of rotatable bonds is 1. The lowest BCUT2D eigenvalue weighted by Crippen LogP contribution is -2.64. The lowest BCUT2D eigenvalue weighted by atomic mass is 9.33. The normalized spacial score (nSPS) is 53.1. The van der Waals surface area contributed by atoms with Gasteiger partial charge in [-0.1, -0.05) is 65.3 Å². The van der Waals surface area contributed by atoms with Gasteiger partial charge in [-0.3, -0.25) is 4.79 Å². The van der Waals surface area contributed by atoms with Gasteiger partial charge >= 0.3 is 5.97 Å². The third kappa shape index (κ3) is 2.83. The Morgan fingerprint density at radius 3 is 2.32 bits per heavy atom. The number of hydrogen-bond acceptors (Lipinski definition) is 3. The number of fused-ring (bicyclic) bond motifs is 7. The van der Waals surface area contributed by atoms with Gasteiger partial charge in [-0.05, 0) is 109 Å². The summed E-state index contributed by atoms with van der Waals surface area (Å²) in [5, 5.41) is 24.1. The van der Waals surface area contributed by atoms with Crippen LogP contribution in [0.15, 0.2) is 16.8 Å². The quantitative estimate of drug-likeness (QED) is 0.236. The first-order valence-corrected chi connectivity index (χ1v) is 13.9. The number of nitrogens with zero attached hydrogens (tertiary/aromatic N) is 1. The fourth-order valence-corrected chi connectivity index (χ4v) is 11.0. The highest BCUT2D eigenvalue weighted by Crippen LogP contribution is 2.75. The van der Waals surface area contributed by atoms with Crippen molar-refractivity contribution < 1.29 is 15.1 Å². The van der Waals surface area contributed by atoms with Crippen LogP contribution < -0.4 is 0 Å². The SMILES string of the molecule is C[C@H]1[C@H](C)CC[C@]2(C(=O)O)CC[C@]3(C)C(=CC[C@@H]4[C@@]5(C)C/C(=N/O)CC(C)(C)[C@@H]5CC[C@]43C)[C@H]12. The number of aliphatic carboxylic acids is 1. The number of allylic oxidation sites excluding steroid dienone is 2.